The molecule has 9 nitrogen and oxygen atoms in total. The molecule has 1 fully saturated rings. The maximum Gasteiger partial charge on any atom is 0.573 e. The Bertz CT molecular complexity index is 1490. The molecule has 1 saturated heterocycles. The first-order valence-corrected chi connectivity index (χ1v) is 12.4. The van der Waals surface area contributed by atoms with Crippen molar-refractivity contribution in [3.8, 4) is 11.5 Å². The number of ether oxygens (including phenoxy) is 3. The molecule has 2 aromatic carbocycles. The number of carbonyl (C=O) groups excluding carboxylic acids is 2. The largest absolute Gasteiger partial charge is 0.573 e. The van der Waals surface area contributed by atoms with Gasteiger partial charge in [-0.15, -0.1) is 13.2 Å². The van der Waals surface area contributed by atoms with Gasteiger partial charge >= 0.3 is 6.36 Å². The van der Waals surface area contributed by atoms with E-state index in [1.54, 1.807) is 19.2 Å². The average Bonchev–Trinajstić information content (AvgIpc) is 3.22. The number of halogens is 4. The molecule has 0 aliphatic carbocycles. The van der Waals surface area contributed by atoms with Crippen LogP contribution in [-0.2, 0) is 16.1 Å². The highest BCUT2D eigenvalue weighted by Gasteiger charge is 2.45. The van der Waals surface area contributed by atoms with E-state index in [2.05, 4.69) is 10.1 Å². The zero-order valence-corrected chi connectivity index (χ0v) is 22.3. The second-order valence-corrected chi connectivity index (χ2v) is 9.30. The number of amides is 2. The minimum absolute atomic E-state index is 0.0578. The molecule has 1 aliphatic heterocycles. The minimum Gasteiger partial charge on any atom is -0.497 e. The monoisotopic (exact) mass is 577 g/mol. The predicted octanol–water partition coefficient (Wildman–Crippen LogP) is 3.78. The van der Waals surface area contributed by atoms with Crippen LogP contribution in [0.25, 0.3) is 0 Å². The van der Waals surface area contributed by atoms with Crippen molar-refractivity contribution in [3.05, 3.63) is 87.6 Å². The quantitative estimate of drug-likeness (QED) is 0.389. The Hall–Kier alpha value is -4.39. The summed E-state index contributed by atoms with van der Waals surface area (Å²) in [6.45, 7) is 2.01. The maximum atomic E-state index is 15.2. The van der Waals surface area contributed by atoms with Crippen LogP contribution in [0.4, 0.5) is 23.2 Å². The summed E-state index contributed by atoms with van der Waals surface area (Å²) in [4.78, 5) is 41.5. The third kappa shape index (κ3) is 6.51. The molecular formula is C28H27F4N3O6. The zero-order chi connectivity index (χ0) is 29.9. The van der Waals surface area contributed by atoms with Crippen molar-refractivity contribution >= 4 is 17.5 Å². The van der Waals surface area contributed by atoms with Gasteiger partial charge in [-0.05, 0) is 54.4 Å². The number of rotatable bonds is 9. The van der Waals surface area contributed by atoms with E-state index in [0.717, 1.165) is 30.3 Å². The van der Waals surface area contributed by atoms with Crippen LogP contribution in [0.15, 0.2) is 59.5 Å². The van der Waals surface area contributed by atoms with Gasteiger partial charge in [0.05, 0.1) is 13.7 Å². The van der Waals surface area contributed by atoms with E-state index in [0.29, 0.717) is 5.56 Å². The van der Waals surface area contributed by atoms with Crippen LogP contribution in [-0.4, -0.2) is 56.2 Å². The summed E-state index contributed by atoms with van der Waals surface area (Å²) in [6.07, 6.45) is -3.33. The van der Waals surface area contributed by atoms with E-state index in [-0.39, 0.29) is 42.3 Å². The van der Waals surface area contributed by atoms with E-state index in [4.69, 9.17) is 9.47 Å². The fourth-order valence-electron chi connectivity index (χ4n) is 4.69. The normalized spacial score (nSPS) is 17.0. The first-order chi connectivity index (χ1) is 19.4. The molecule has 4 rings (SSSR count). The second kappa shape index (κ2) is 12.0. The summed E-state index contributed by atoms with van der Waals surface area (Å²) in [5.41, 5.74) is 0.166. The Kier molecular flexibility index (Phi) is 8.66. The van der Waals surface area contributed by atoms with Crippen molar-refractivity contribution in [3.63, 3.8) is 0 Å². The van der Waals surface area contributed by atoms with Gasteiger partial charge in [-0.2, -0.15) is 0 Å². The topological polar surface area (TPSA) is 99.1 Å². The Morgan fingerprint density at radius 3 is 2.34 bits per heavy atom. The number of aryl methyl sites for hydroxylation is 1. The number of benzene rings is 2. The molecule has 0 bridgehead atoms. The average molecular weight is 578 g/mol. The molecule has 0 unspecified atom stereocenters. The van der Waals surface area contributed by atoms with E-state index < -0.39 is 47.3 Å². The molecule has 0 radical (unpaired) electrons. The van der Waals surface area contributed by atoms with Gasteiger partial charge in [0.1, 0.15) is 29.0 Å². The Labute approximate surface area is 232 Å². The summed E-state index contributed by atoms with van der Waals surface area (Å²) < 4.78 is 68.1. The van der Waals surface area contributed by atoms with Crippen LogP contribution in [0, 0.1) is 12.7 Å². The molecule has 2 heterocycles. The Balaban J connectivity index is 1.70. The van der Waals surface area contributed by atoms with Crippen LogP contribution in [0.5, 0.6) is 11.5 Å². The summed E-state index contributed by atoms with van der Waals surface area (Å²) in [5, 5.41) is 2.58. The van der Waals surface area contributed by atoms with Gasteiger partial charge in [0, 0.05) is 43.9 Å². The van der Waals surface area contributed by atoms with Crippen molar-refractivity contribution in [2.45, 2.75) is 31.8 Å². The van der Waals surface area contributed by atoms with Crippen LogP contribution in [0.1, 0.15) is 27.4 Å². The number of carbonyl (C=O) groups is 2. The van der Waals surface area contributed by atoms with Gasteiger partial charge in [0.2, 0.25) is 5.91 Å². The number of hydrogen-bond donors (Lipinski definition) is 1. The molecule has 1 aliphatic rings. The van der Waals surface area contributed by atoms with Gasteiger partial charge in [0.25, 0.3) is 11.5 Å². The molecule has 218 valence electrons. The summed E-state index contributed by atoms with van der Waals surface area (Å²) in [7, 11) is 2.86. The molecule has 41 heavy (non-hydrogen) atoms. The molecule has 1 N–H and O–H groups in total. The Morgan fingerprint density at radius 2 is 1.73 bits per heavy atom. The zero-order valence-electron chi connectivity index (χ0n) is 22.3. The summed E-state index contributed by atoms with van der Waals surface area (Å²) in [6, 6.07) is 8.58. The standard InChI is InChI=1S/C28H27F4N3O6/c1-16-10-11-34(12-13-39-2)27(38)24(16)35-15-21(20-9-8-19(40-3)14-22(20)29)23(26(35)37)33-25(36)17-4-6-18(7-5-17)41-28(30,31)32/h4-11,14,21,23H,12-13,15H2,1-3H3,(H,33,36)/t21-,23-/m0/s1. The highest BCUT2D eigenvalue weighted by atomic mass is 19.4. The SMILES string of the molecule is COCCn1ccc(C)c(N2C[C@@H](c3ccc(OC)cc3F)[C@H](NC(=O)c3ccc(OC(F)(F)F)cc3)C2=O)c1=O. The number of hydrogen-bond acceptors (Lipinski definition) is 6. The number of methoxy groups -OCH3 is 2. The van der Waals surface area contributed by atoms with Crippen LogP contribution in [0.3, 0.4) is 0 Å². The molecule has 0 saturated carbocycles. The van der Waals surface area contributed by atoms with Gasteiger partial charge in [0.15, 0.2) is 0 Å². The highest BCUT2D eigenvalue weighted by molar-refractivity contribution is 6.05. The van der Waals surface area contributed by atoms with E-state index >= 15 is 4.39 Å². The van der Waals surface area contributed by atoms with Gasteiger partial charge < -0.3 is 29.0 Å². The smallest absolute Gasteiger partial charge is 0.497 e. The van der Waals surface area contributed by atoms with Gasteiger partial charge in [-0.25, -0.2) is 4.39 Å². The Morgan fingerprint density at radius 1 is 1.05 bits per heavy atom. The minimum atomic E-state index is -4.91. The molecule has 2 atom stereocenters. The van der Waals surface area contributed by atoms with Gasteiger partial charge in [-0.3, -0.25) is 14.4 Å². The molecule has 3 aromatic rings. The van der Waals surface area contributed by atoms with Crippen LogP contribution in [0.2, 0.25) is 0 Å². The fourth-order valence-corrected chi connectivity index (χ4v) is 4.69. The summed E-state index contributed by atoms with van der Waals surface area (Å²) in [5.74, 6) is -3.32. The van der Waals surface area contributed by atoms with Crippen molar-refractivity contribution in [1.82, 2.24) is 9.88 Å². The first-order valence-electron chi connectivity index (χ1n) is 12.4. The van der Waals surface area contributed by atoms with Crippen LogP contribution >= 0.6 is 0 Å². The first kappa shape index (κ1) is 29.6. The number of nitrogens with one attached hydrogen (secondary N) is 1. The number of aromatic nitrogens is 1. The molecule has 2 amide bonds. The lowest BCUT2D eigenvalue weighted by atomic mass is 9.93. The number of nitrogens with zero attached hydrogens (tertiary/aromatic N) is 2. The van der Waals surface area contributed by atoms with Crippen molar-refractivity contribution < 1.29 is 41.4 Å². The van der Waals surface area contributed by atoms with Crippen molar-refractivity contribution in [2.75, 3.05) is 32.3 Å². The third-order valence-electron chi connectivity index (χ3n) is 6.71. The lowest BCUT2D eigenvalue weighted by molar-refractivity contribution is -0.274. The fraction of sp³-hybridized carbons (Fsp3) is 0.321. The third-order valence-corrected chi connectivity index (χ3v) is 6.71. The van der Waals surface area contributed by atoms with E-state index in [1.165, 1.54) is 35.8 Å². The highest BCUT2D eigenvalue weighted by Crippen LogP contribution is 2.35. The summed E-state index contributed by atoms with van der Waals surface area (Å²) >= 11 is 0. The predicted molar refractivity (Wildman–Crippen MR) is 140 cm³/mol. The number of anilines is 1. The van der Waals surface area contributed by atoms with E-state index in [9.17, 15) is 27.6 Å². The van der Waals surface area contributed by atoms with Crippen molar-refractivity contribution in [1.29, 1.82) is 0 Å². The van der Waals surface area contributed by atoms with E-state index in [1.807, 2.05) is 0 Å². The molecule has 1 aromatic heterocycles. The molecule has 13 heteroatoms. The molecule has 0 spiro atoms. The second-order valence-electron chi connectivity index (χ2n) is 9.30. The van der Waals surface area contributed by atoms with Gasteiger partial charge in [-0.1, -0.05) is 6.07 Å². The lowest BCUT2D eigenvalue weighted by Gasteiger charge is -2.20. The lowest BCUT2D eigenvalue weighted by Crippen LogP contribution is -2.44. The van der Waals surface area contributed by atoms with Crippen LogP contribution < -0.4 is 25.2 Å². The van der Waals surface area contributed by atoms with Crippen molar-refractivity contribution in [2.24, 2.45) is 0 Å². The maximum absolute atomic E-state index is 15.2. The molecular weight excluding hydrogens is 550 g/mol. The number of alkyl halides is 3. The number of pyridine rings is 1.